The van der Waals surface area contributed by atoms with Gasteiger partial charge >= 0.3 is 0 Å². The van der Waals surface area contributed by atoms with Crippen LogP contribution in [0.3, 0.4) is 0 Å². The van der Waals surface area contributed by atoms with E-state index in [-0.39, 0.29) is 0 Å². The lowest BCUT2D eigenvalue weighted by Crippen LogP contribution is -2.15. The molecule has 0 bridgehead atoms. The molecule has 0 aromatic heterocycles. The lowest BCUT2D eigenvalue weighted by Gasteiger charge is -2.08. The molecule has 1 rings (SSSR count). The second kappa shape index (κ2) is 6.93. The first-order chi connectivity index (χ1) is 7.59. The van der Waals surface area contributed by atoms with E-state index < -0.39 is 0 Å². The molecule has 0 fully saturated rings. The normalized spacial score (nSPS) is 11.1. The van der Waals surface area contributed by atoms with Crippen LogP contribution in [0.4, 0.5) is 0 Å². The van der Waals surface area contributed by atoms with Crippen molar-refractivity contribution < 1.29 is 0 Å². The van der Waals surface area contributed by atoms with Crippen LogP contribution in [-0.4, -0.2) is 6.54 Å². The molecule has 0 aliphatic rings. The Morgan fingerprint density at radius 2 is 2.06 bits per heavy atom. The summed E-state index contributed by atoms with van der Waals surface area (Å²) in [6, 6.07) is 6.23. The summed E-state index contributed by atoms with van der Waals surface area (Å²) in [6.45, 7) is 8.53. The molecule has 1 aromatic carbocycles. The van der Waals surface area contributed by atoms with Crippen LogP contribution in [0.15, 0.2) is 18.2 Å². The van der Waals surface area contributed by atoms with E-state index in [4.69, 9.17) is 11.6 Å². The van der Waals surface area contributed by atoms with Crippen molar-refractivity contribution in [2.45, 2.75) is 40.2 Å². The fourth-order valence-corrected chi connectivity index (χ4v) is 1.96. The van der Waals surface area contributed by atoms with Crippen molar-refractivity contribution in [3.05, 3.63) is 34.3 Å². The van der Waals surface area contributed by atoms with Crippen molar-refractivity contribution >= 4 is 11.6 Å². The van der Waals surface area contributed by atoms with Crippen LogP contribution in [0.1, 0.15) is 37.8 Å². The fourth-order valence-electron chi connectivity index (χ4n) is 1.65. The molecule has 0 aliphatic heterocycles. The molecular formula is C14H22ClN. The average molecular weight is 240 g/mol. The smallest absolute Gasteiger partial charge is 0.0453 e. The van der Waals surface area contributed by atoms with Gasteiger partial charge in [-0.15, -0.1) is 0 Å². The molecule has 0 saturated heterocycles. The van der Waals surface area contributed by atoms with Crippen molar-refractivity contribution in [3.63, 3.8) is 0 Å². The topological polar surface area (TPSA) is 12.0 Å². The van der Waals surface area contributed by atoms with Crippen LogP contribution in [-0.2, 0) is 6.54 Å². The summed E-state index contributed by atoms with van der Waals surface area (Å²) in [5.41, 5.74) is 2.41. The second-order valence-corrected chi connectivity index (χ2v) is 5.21. The highest BCUT2D eigenvalue weighted by molar-refractivity contribution is 6.31. The van der Waals surface area contributed by atoms with Gasteiger partial charge in [-0.25, -0.2) is 0 Å². The van der Waals surface area contributed by atoms with E-state index in [0.29, 0.717) is 0 Å². The molecule has 1 N–H and O–H groups in total. The summed E-state index contributed by atoms with van der Waals surface area (Å²) in [4.78, 5) is 0. The molecule has 90 valence electrons. The largest absolute Gasteiger partial charge is 0.313 e. The molecule has 0 amide bonds. The highest BCUT2D eigenvalue weighted by atomic mass is 35.5. The number of aryl methyl sites for hydroxylation is 1. The van der Waals surface area contributed by atoms with Crippen LogP contribution in [0.5, 0.6) is 0 Å². The Labute approximate surface area is 104 Å². The minimum absolute atomic E-state index is 0.796. The van der Waals surface area contributed by atoms with Gasteiger partial charge in [-0.2, -0.15) is 0 Å². The van der Waals surface area contributed by atoms with Gasteiger partial charge in [0.15, 0.2) is 0 Å². The summed E-state index contributed by atoms with van der Waals surface area (Å²) < 4.78 is 0. The van der Waals surface area contributed by atoms with Gasteiger partial charge < -0.3 is 5.32 Å². The Hall–Kier alpha value is -0.530. The highest BCUT2D eigenvalue weighted by Gasteiger charge is 2.00. The summed E-state index contributed by atoms with van der Waals surface area (Å²) in [6.07, 6.45) is 2.52. The molecule has 1 nitrogen and oxygen atoms in total. The zero-order chi connectivity index (χ0) is 12.0. The summed E-state index contributed by atoms with van der Waals surface area (Å²) in [5.74, 6) is 0.796. The van der Waals surface area contributed by atoms with Crippen LogP contribution in [0.25, 0.3) is 0 Å². The third kappa shape index (κ3) is 5.00. The molecule has 0 spiro atoms. The SMILES string of the molecule is Cc1ccc(CNCCCC(C)C)c(Cl)c1. The Balaban J connectivity index is 2.27. The maximum atomic E-state index is 6.15. The number of hydrogen-bond acceptors (Lipinski definition) is 1. The first-order valence-electron chi connectivity index (χ1n) is 6.05. The van der Waals surface area contributed by atoms with E-state index in [2.05, 4.69) is 38.2 Å². The second-order valence-electron chi connectivity index (χ2n) is 4.81. The lowest BCUT2D eigenvalue weighted by atomic mass is 10.1. The summed E-state index contributed by atoms with van der Waals surface area (Å²) in [7, 11) is 0. The van der Waals surface area contributed by atoms with E-state index in [1.165, 1.54) is 24.0 Å². The molecule has 0 aliphatic carbocycles. The van der Waals surface area contributed by atoms with Crippen LogP contribution < -0.4 is 5.32 Å². The molecule has 0 atom stereocenters. The van der Waals surface area contributed by atoms with Crippen LogP contribution in [0, 0.1) is 12.8 Å². The third-order valence-corrected chi connectivity index (χ3v) is 3.01. The zero-order valence-electron chi connectivity index (χ0n) is 10.5. The molecule has 1 aromatic rings. The number of halogens is 1. The number of nitrogens with one attached hydrogen (secondary N) is 1. The lowest BCUT2D eigenvalue weighted by molar-refractivity contribution is 0.527. The maximum Gasteiger partial charge on any atom is 0.0453 e. The van der Waals surface area contributed by atoms with E-state index in [0.717, 1.165) is 24.0 Å². The van der Waals surface area contributed by atoms with E-state index in [9.17, 15) is 0 Å². The molecule has 16 heavy (non-hydrogen) atoms. The van der Waals surface area contributed by atoms with Gasteiger partial charge in [0.2, 0.25) is 0 Å². The minimum Gasteiger partial charge on any atom is -0.313 e. The number of hydrogen-bond donors (Lipinski definition) is 1. The summed E-state index contributed by atoms with van der Waals surface area (Å²) >= 11 is 6.15. The van der Waals surface area contributed by atoms with Crippen molar-refractivity contribution in [1.82, 2.24) is 5.32 Å². The van der Waals surface area contributed by atoms with Crippen LogP contribution in [0.2, 0.25) is 5.02 Å². The number of rotatable bonds is 6. The highest BCUT2D eigenvalue weighted by Crippen LogP contribution is 2.17. The Bertz CT molecular complexity index is 321. The molecule has 0 heterocycles. The van der Waals surface area contributed by atoms with Gasteiger partial charge in [0.05, 0.1) is 0 Å². The fraction of sp³-hybridized carbons (Fsp3) is 0.571. The van der Waals surface area contributed by atoms with Crippen molar-refractivity contribution in [1.29, 1.82) is 0 Å². The first kappa shape index (κ1) is 13.5. The third-order valence-electron chi connectivity index (χ3n) is 2.66. The Morgan fingerprint density at radius 3 is 2.69 bits per heavy atom. The molecule has 0 unspecified atom stereocenters. The Morgan fingerprint density at radius 1 is 1.31 bits per heavy atom. The van der Waals surface area contributed by atoms with Gasteiger partial charge in [0.25, 0.3) is 0 Å². The van der Waals surface area contributed by atoms with E-state index in [1.54, 1.807) is 0 Å². The van der Waals surface area contributed by atoms with Crippen molar-refractivity contribution in [3.8, 4) is 0 Å². The van der Waals surface area contributed by atoms with Gasteiger partial charge in [-0.3, -0.25) is 0 Å². The average Bonchev–Trinajstić information content (AvgIpc) is 2.20. The molecular weight excluding hydrogens is 218 g/mol. The number of benzene rings is 1. The minimum atomic E-state index is 0.796. The molecule has 0 saturated carbocycles. The van der Waals surface area contributed by atoms with E-state index >= 15 is 0 Å². The zero-order valence-corrected chi connectivity index (χ0v) is 11.3. The van der Waals surface area contributed by atoms with Crippen molar-refractivity contribution in [2.75, 3.05) is 6.54 Å². The van der Waals surface area contributed by atoms with Crippen LogP contribution >= 0.6 is 11.6 Å². The van der Waals surface area contributed by atoms with Gasteiger partial charge in [0.1, 0.15) is 0 Å². The van der Waals surface area contributed by atoms with E-state index in [1.807, 2.05) is 6.07 Å². The van der Waals surface area contributed by atoms with Gasteiger partial charge in [0, 0.05) is 11.6 Å². The van der Waals surface area contributed by atoms with Gasteiger partial charge in [-0.1, -0.05) is 37.6 Å². The van der Waals surface area contributed by atoms with Crippen molar-refractivity contribution in [2.24, 2.45) is 5.92 Å². The quantitative estimate of drug-likeness (QED) is 0.735. The van der Waals surface area contributed by atoms with Gasteiger partial charge in [-0.05, 0) is 49.4 Å². The summed E-state index contributed by atoms with van der Waals surface area (Å²) in [5, 5.41) is 4.30. The maximum absolute atomic E-state index is 6.15. The molecule has 0 radical (unpaired) electrons. The first-order valence-corrected chi connectivity index (χ1v) is 6.43. The monoisotopic (exact) mass is 239 g/mol. The standard InChI is InChI=1S/C14H22ClN/c1-11(2)5-4-8-16-10-13-7-6-12(3)9-14(13)15/h6-7,9,11,16H,4-5,8,10H2,1-3H3. The predicted octanol–water partition coefficient (Wildman–Crippen LogP) is 4.17. The Kier molecular flexibility index (Phi) is 5.86. The molecule has 2 heteroatoms. The predicted molar refractivity (Wildman–Crippen MR) is 72.0 cm³/mol.